The largest absolute Gasteiger partial charge is 0.494 e. The van der Waals surface area contributed by atoms with Gasteiger partial charge in [0.15, 0.2) is 6.61 Å². The molecule has 0 aliphatic carbocycles. The Kier molecular flexibility index (Phi) is 5.83. The van der Waals surface area contributed by atoms with Gasteiger partial charge >= 0.3 is 5.97 Å². The van der Waals surface area contributed by atoms with Crippen molar-refractivity contribution in [1.29, 1.82) is 0 Å². The second-order valence-corrected chi connectivity index (χ2v) is 4.96. The Morgan fingerprint density at radius 2 is 1.79 bits per heavy atom. The molecule has 0 atom stereocenters. The third-order valence-corrected chi connectivity index (χ3v) is 3.16. The van der Waals surface area contributed by atoms with E-state index in [0.717, 1.165) is 5.75 Å². The molecule has 0 saturated carbocycles. The molecule has 0 bridgehead atoms. The van der Waals surface area contributed by atoms with Crippen LogP contribution < -0.4 is 14.8 Å². The van der Waals surface area contributed by atoms with Crippen molar-refractivity contribution < 1.29 is 28.6 Å². The van der Waals surface area contributed by atoms with Crippen molar-refractivity contribution in [2.45, 2.75) is 20.4 Å². The fourth-order valence-corrected chi connectivity index (χ4v) is 2.03. The summed E-state index contributed by atoms with van der Waals surface area (Å²) in [5.41, 5.74) is 0.0879. The van der Waals surface area contributed by atoms with Gasteiger partial charge in [-0.25, -0.2) is 4.79 Å². The highest BCUT2D eigenvalue weighted by atomic mass is 16.5. The molecule has 1 amide bonds. The summed E-state index contributed by atoms with van der Waals surface area (Å²) in [6.45, 7) is 3.98. The van der Waals surface area contributed by atoms with E-state index in [-0.39, 0.29) is 24.6 Å². The first kappa shape index (κ1) is 17.4. The zero-order chi connectivity index (χ0) is 17.5. The summed E-state index contributed by atoms with van der Waals surface area (Å²) in [5.74, 6) is 0.562. The van der Waals surface area contributed by atoms with E-state index in [1.54, 1.807) is 31.2 Å². The van der Waals surface area contributed by atoms with E-state index in [1.165, 1.54) is 6.07 Å². The molecule has 7 heteroatoms. The number of aromatic carboxylic acids is 1. The van der Waals surface area contributed by atoms with Crippen LogP contribution in [-0.4, -0.2) is 30.2 Å². The molecule has 0 radical (unpaired) electrons. The quantitative estimate of drug-likeness (QED) is 0.770. The van der Waals surface area contributed by atoms with Crippen LogP contribution in [0, 0.1) is 6.92 Å². The number of aryl methyl sites for hydroxylation is 1. The van der Waals surface area contributed by atoms with E-state index in [1.807, 2.05) is 6.92 Å². The van der Waals surface area contributed by atoms with Gasteiger partial charge in [-0.1, -0.05) is 0 Å². The summed E-state index contributed by atoms with van der Waals surface area (Å²) in [4.78, 5) is 22.7. The minimum absolute atomic E-state index is 0.0879. The van der Waals surface area contributed by atoms with Crippen molar-refractivity contribution in [1.82, 2.24) is 5.32 Å². The second kappa shape index (κ2) is 8.05. The lowest BCUT2D eigenvalue weighted by molar-refractivity contribution is -0.123. The number of carbonyl (C=O) groups is 2. The van der Waals surface area contributed by atoms with Crippen LogP contribution in [0.5, 0.6) is 11.5 Å². The maximum absolute atomic E-state index is 11.8. The monoisotopic (exact) mass is 333 g/mol. The molecule has 128 valence electrons. The van der Waals surface area contributed by atoms with Gasteiger partial charge in [0.05, 0.1) is 13.2 Å². The lowest BCUT2D eigenvalue weighted by Gasteiger charge is -2.08. The number of hydrogen-bond donors (Lipinski definition) is 2. The van der Waals surface area contributed by atoms with Gasteiger partial charge in [-0.05, 0) is 44.2 Å². The summed E-state index contributed by atoms with van der Waals surface area (Å²) in [6.07, 6.45) is 0. The highest BCUT2D eigenvalue weighted by Gasteiger charge is 2.14. The Bertz CT molecular complexity index is 704. The van der Waals surface area contributed by atoms with E-state index < -0.39 is 5.97 Å². The average molecular weight is 333 g/mol. The van der Waals surface area contributed by atoms with Gasteiger partial charge in [0, 0.05) is 0 Å². The van der Waals surface area contributed by atoms with Gasteiger partial charge < -0.3 is 24.3 Å². The molecule has 0 aliphatic rings. The van der Waals surface area contributed by atoms with Crippen LogP contribution in [0.25, 0.3) is 0 Å². The van der Waals surface area contributed by atoms with E-state index in [4.69, 9.17) is 19.0 Å². The van der Waals surface area contributed by atoms with Crippen molar-refractivity contribution >= 4 is 11.9 Å². The van der Waals surface area contributed by atoms with Crippen LogP contribution in [0.15, 0.2) is 34.7 Å². The van der Waals surface area contributed by atoms with E-state index >= 15 is 0 Å². The molecule has 0 fully saturated rings. The number of carboxylic acids is 1. The lowest BCUT2D eigenvalue weighted by atomic mass is 10.2. The number of nitrogens with one attached hydrogen (secondary N) is 1. The molecule has 2 rings (SSSR count). The number of carboxylic acid groups (broad SMARTS) is 1. The molecule has 7 nitrogen and oxygen atoms in total. The molecule has 0 spiro atoms. The maximum atomic E-state index is 11.8. The maximum Gasteiger partial charge on any atom is 0.339 e. The molecular weight excluding hydrogens is 314 g/mol. The first-order chi connectivity index (χ1) is 11.5. The molecular formula is C17H19NO6. The third-order valence-electron chi connectivity index (χ3n) is 3.16. The summed E-state index contributed by atoms with van der Waals surface area (Å²) < 4.78 is 16.0. The molecule has 0 aliphatic heterocycles. The first-order valence-electron chi connectivity index (χ1n) is 7.44. The number of amides is 1. The summed E-state index contributed by atoms with van der Waals surface area (Å²) >= 11 is 0. The summed E-state index contributed by atoms with van der Waals surface area (Å²) in [5, 5.41) is 11.5. The first-order valence-corrected chi connectivity index (χ1v) is 7.44. The zero-order valence-electron chi connectivity index (χ0n) is 13.5. The smallest absolute Gasteiger partial charge is 0.339 e. The van der Waals surface area contributed by atoms with Gasteiger partial charge in [0.2, 0.25) is 0 Å². The van der Waals surface area contributed by atoms with E-state index in [9.17, 15) is 9.59 Å². The molecule has 0 unspecified atom stereocenters. The Morgan fingerprint density at radius 1 is 1.17 bits per heavy atom. The van der Waals surface area contributed by atoms with Crippen LogP contribution in [0.1, 0.15) is 28.8 Å². The molecule has 24 heavy (non-hydrogen) atoms. The van der Waals surface area contributed by atoms with Gasteiger partial charge in [0.25, 0.3) is 5.91 Å². The number of carbonyl (C=O) groups excluding carboxylic acids is 1. The third kappa shape index (κ3) is 4.77. The lowest BCUT2D eigenvalue weighted by Crippen LogP contribution is -2.28. The second-order valence-electron chi connectivity index (χ2n) is 4.96. The minimum Gasteiger partial charge on any atom is -0.494 e. The average Bonchev–Trinajstić information content (AvgIpc) is 2.94. The highest BCUT2D eigenvalue weighted by Crippen LogP contribution is 2.17. The minimum atomic E-state index is -1.06. The Morgan fingerprint density at radius 3 is 2.33 bits per heavy atom. The number of hydrogen-bond acceptors (Lipinski definition) is 5. The van der Waals surface area contributed by atoms with Crippen LogP contribution >= 0.6 is 0 Å². The molecule has 1 heterocycles. The molecule has 1 aromatic heterocycles. The summed E-state index contributed by atoms with van der Waals surface area (Å²) in [6, 6.07) is 8.34. The number of benzene rings is 1. The Labute approximate surface area is 139 Å². The number of ether oxygens (including phenoxy) is 2. The van der Waals surface area contributed by atoms with Crippen LogP contribution in [0.2, 0.25) is 0 Å². The fraction of sp³-hybridized carbons (Fsp3) is 0.294. The van der Waals surface area contributed by atoms with Gasteiger partial charge in [-0.15, -0.1) is 0 Å². The zero-order valence-corrected chi connectivity index (χ0v) is 13.5. The standard InChI is InChI=1S/C17H19NO6/c1-3-22-12-4-6-13(7-5-12)23-10-16(19)18-9-14-8-15(17(20)21)11(2)24-14/h4-8H,3,9-10H2,1-2H3,(H,18,19)(H,20,21). The van der Waals surface area contributed by atoms with Crippen LogP contribution in [0.4, 0.5) is 0 Å². The normalized spacial score (nSPS) is 10.2. The SMILES string of the molecule is CCOc1ccc(OCC(=O)NCc2cc(C(=O)O)c(C)o2)cc1. The van der Waals surface area contributed by atoms with E-state index in [2.05, 4.69) is 5.32 Å². The fourth-order valence-electron chi connectivity index (χ4n) is 2.03. The summed E-state index contributed by atoms with van der Waals surface area (Å²) in [7, 11) is 0. The topological polar surface area (TPSA) is 98.0 Å². The highest BCUT2D eigenvalue weighted by molar-refractivity contribution is 5.88. The van der Waals surface area contributed by atoms with Gasteiger partial charge in [0.1, 0.15) is 28.6 Å². The van der Waals surface area contributed by atoms with Gasteiger partial charge in [-0.2, -0.15) is 0 Å². The number of furan rings is 1. The van der Waals surface area contributed by atoms with Crippen molar-refractivity contribution in [3.05, 3.63) is 47.4 Å². The predicted octanol–water partition coefficient (Wildman–Crippen LogP) is 2.38. The number of rotatable bonds is 8. The predicted molar refractivity (Wildman–Crippen MR) is 85.4 cm³/mol. The molecule has 2 N–H and O–H groups in total. The van der Waals surface area contributed by atoms with Crippen LogP contribution in [-0.2, 0) is 11.3 Å². The molecule has 1 aromatic carbocycles. The molecule has 2 aromatic rings. The van der Waals surface area contributed by atoms with Crippen molar-refractivity contribution in [3.63, 3.8) is 0 Å². The van der Waals surface area contributed by atoms with Crippen molar-refractivity contribution in [3.8, 4) is 11.5 Å². The Hall–Kier alpha value is -2.96. The van der Waals surface area contributed by atoms with Crippen molar-refractivity contribution in [2.75, 3.05) is 13.2 Å². The van der Waals surface area contributed by atoms with Crippen molar-refractivity contribution in [2.24, 2.45) is 0 Å². The van der Waals surface area contributed by atoms with Gasteiger partial charge in [-0.3, -0.25) is 4.79 Å². The van der Waals surface area contributed by atoms with Crippen LogP contribution in [0.3, 0.4) is 0 Å². The molecule has 0 saturated heterocycles. The van der Waals surface area contributed by atoms with E-state index in [0.29, 0.717) is 23.9 Å². The Balaban J connectivity index is 1.79.